The first-order valence-corrected chi connectivity index (χ1v) is 7.26. The largest absolute Gasteiger partial charge is 0.380 e. The molecule has 3 nitrogen and oxygen atoms in total. The van der Waals surface area contributed by atoms with Gasteiger partial charge in [-0.25, -0.2) is 0 Å². The molecule has 0 aliphatic rings. The van der Waals surface area contributed by atoms with Crippen molar-refractivity contribution in [2.45, 2.75) is 0 Å². The second-order valence-corrected chi connectivity index (χ2v) is 5.95. The van der Waals surface area contributed by atoms with Crippen LogP contribution in [-0.4, -0.2) is 5.16 Å². The Morgan fingerprint density at radius 2 is 2.11 bits per heavy atom. The molecule has 3 aromatic rings. The van der Waals surface area contributed by atoms with E-state index in [9.17, 15) is 0 Å². The number of halogens is 1. The molecule has 2 N–H and O–H groups in total. The van der Waals surface area contributed by atoms with Crippen LogP contribution in [0.1, 0.15) is 0 Å². The van der Waals surface area contributed by atoms with E-state index in [4.69, 9.17) is 10.3 Å². The number of hydrogen-bond donors (Lipinski definition) is 1. The normalized spacial score (nSPS) is 10.7. The topological polar surface area (TPSA) is 52.0 Å². The van der Waals surface area contributed by atoms with Gasteiger partial charge in [0.25, 0.3) is 0 Å². The number of hydrogen-bond acceptors (Lipinski definition) is 4. The van der Waals surface area contributed by atoms with Gasteiger partial charge in [-0.05, 0) is 46.2 Å². The van der Waals surface area contributed by atoms with E-state index in [1.807, 2.05) is 35.7 Å². The van der Waals surface area contributed by atoms with Crippen LogP contribution in [0.25, 0.3) is 21.8 Å². The van der Waals surface area contributed by atoms with Crippen LogP contribution in [0.15, 0.2) is 46.3 Å². The number of nitrogen functional groups attached to an aromatic ring is 1. The molecule has 90 valence electrons. The van der Waals surface area contributed by atoms with Crippen LogP contribution < -0.4 is 5.73 Å². The van der Waals surface area contributed by atoms with Crippen molar-refractivity contribution in [2.75, 3.05) is 5.73 Å². The highest BCUT2D eigenvalue weighted by Gasteiger charge is 2.18. The van der Waals surface area contributed by atoms with E-state index in [1.165, 1.54) is 0 Å². The minimum absolute atomic E-state index is 0.436. The molecule has 0 aliphatic carbocycles. The summed E-state index contributed by atoms with van der Waals surface area (Å²) in [5.41, 5.74) is 7.78. The summed E-state index contributed by atoms with van der Waals surface area (Å²) in [6.07, 6.45) is 0. The van der Waals surface area contributed by atoms with Gasteiger partial charge in [-0.1, -0.05) is 23.4 Å². The molecule has 0 atom stereocenters. The minimum Gasteiger partial charge on any atom is -0.380 e. The van der Waals surface area contributed by atoms with Crippen molar-refractivity contribution in [1.82, 2.24) is 5.16 Å². The van der Waals surface area contributed by atoms with Crippen molar-refractivity contribution < 1.29 is 4.52 Å². The summed E-state index contributed by atoms with van der Waals surface area (Å²) in [6, 6.07) is 12.1. The standard InChI is InChI=1S/C13H9IN2OS/c14-9-4-1-3-8(7-9)12-11(13(15)16-17-12)10-5-2-6-18-10/h1-7H,(H2,15,16). The predicted octanol–water partition coefficient (Wildman–Crippen LogP) is 4.26. The summed E-state index contributed by atoms with van der Waals surface area (Å²) in [5, 5.41) is 5.90. The minimum atomic E-state index is 0.436. The van der Waals surface area contributed by atoms with Gasteiger partial charge in [-0.2, -0.15) is 0 Å². The summed E-state index contributed by atoms with van der Waals surface area (Å²) < 4.78 is 6.54. The number of aromatic nitrogens is 1. The molecule has 3 rings (SSSR count). The molecule has 1 aromatic carbocycles. The Balaban J connectivity index is 2.20. The lowest BCUT2D eigenvalue weighted by Crippen LogP contribution is -1.87. The summed E-state index contributed by atoms with van der Waals surface area (Å²) in [6.45, 7) is 0. The molecule has 0 amide bonds. The summed E-state index contributed by atoms with van der Waals surface area (Å²) >= 11 is 3.90. The summed E-state index contributed by atoms with van der Waals surface area (Å²) in [7, 11) is 0. The average Bonchev–Trinajstić information content (AvgIpc) is 2.97. The second-order valence-electron chi connectivity index (χ2n) is 3.76. The molecule has 0 fully saturated rings. The van der Waals surface area contributed by atoms with Crippen molar-refractivity contribution in [3.05, 3.63) is 45.3 Å². The average molecular weight is 368 g/mol. The van der Waals surface area contributed by atoms with Gasteiger partial charge in [-0.15, -0.1) is 11.3 Å². The molecule has 2 heterocycles. The van der Waals surface area contributed by atoms with Gasteiger partial charge in [0.05, 0.1) is 5.56 Å². The van der Waals surface area contributed by atoms with Gasteiger partial charge in [0.2, 0.25) is 0 Å². The highest BCUT2D eigenvalue weighted by Crippen LogP contribution is 2.38. The van der Waals surface area contributed by atoms with Crippen LogP contribution in [0.4, 0.5) is 5.82 Å². The van der Waals surface area contributed by atoms with E-state index in [0.29, 0.717) is 5.82 Å². The molecule has 0 bridgehead atoms. The van der Waals surface area contributed by atoms with E-state index in [0.717, 1.165) is 25.3 Å². The monoisotopic (exact) mass is 368 g/mol. The fourth-order valence-electron chi connectivity index (χ4n) is 1.79. The summed E-state index contributed by atoms with van der Waals surface area (Å²) in [5.74, 6) is 1.17. The van der Waals surface area contributed by atoms with E-state index in [2.05, 4.69) is 33.8 Å². The Morgan fingerprint density at radius 3 is 2.83 bits per heavy atom. The van der Waals surface area contributed by atoms with E-state index < -0.39 is 0 Å². The quantitative estimate of drug-likeness (QED) is 0.688. The molecular weight excluding hydrogens is 359 g/mol. The molecule has 0 saturated heterocycles. The number of benzene rings is 1. The summed E-state index contributed by atoms with van der Waals surface area (Å²) in [4.78, 5) is 1.07. The van der Waals surface area contributed by atoms with E-state index in [1.54, 1.807) is 11.3 Å². The number of anilines is 1. The molecule has 0 saturated carbocycles. The first-order chi connectivity index (χ1) is 8.75. The fourth-order valence-corrected chi connectivity index (χ4v) is 3.11. The number of thiophene rings is 1. The van der Waals surface area contributed by atoms with E-state index in [-0.39, 0.29) is 0 Å². The van der Waals surface area contributed by atoms with Crippen LogP contribution in [0.3, 0.4) is 0 Å². The molecular formula is C13H9IN2OS. The smallest absolute Gasteiger partial charge is 0.177 e. The first kappa shape index (κ1) is 11.7. The van der Waals surface area contributed by atoms with Gasteiger partial charge in [0, 0.05) is 14.0 Å². The van der Waals surface area contributed by atoms with Crippen molar-refractivity contribution in [3.63, 3.8) is 0 Å². The molecule has 5 heteroatoms. The lowest BCUT2D eigenvalue weighted by Gasteiger charge is -2.00. The Kier molecular flexibility index (Phi) is 3.09. The lowest BCUT2D eigenvalue weighted by atomic mass is 10.1. The predicted molar refractivity (Wildman–Crippen MR) is 82.4 cm³/mol. The van der Waals surface area contributed by atoms with Crippen LogP contribution in [-0.2, 0) is 0 Å². The SMILES string of the molecule is Nc1noc(-c2cccc(I)c2)c1-c1cccs1. The Bertz CT molecular complexity index is 676. The number of rotatable bonds is 2. The zero-order valence-electron chi connectivity index (χ0n) is 9.26. The van der Waals surface area contributed by atoms with Crippen molar-refractivity contribution in [3.8, 4) is 21.8 Å². The molecule has 0 radical (unpaired) electrons. The van der Waals surface area contributed by atoms with Crippen LogP contribution in [0.2, 0.25) is 0 Å². The molecule has 0 unspecified atom stereocenters. The Labute approximate surface area is 122 Å². The van der Waals surface area contributed by atoms with Crippen LogP contribution in [0, 0.1) is 3.57 Å². The van der Waals surface area contributed by atoms with Gasteiger partial charge in [0.15, 0.2) is 11.6 Å². The highest BCUT2D eigenvalue weighted by molar-refractivity contribution is 14.1. The maximum Gasteiger partial charge on any atom is 0.177 e. The van der Waals surface area contributed by atoms with Crippen molar-refractivity contribution in [2.24, 2.45) is 0 Å². The third-order valence-electron chi connectivity index (χ3n) is 2.57. The zero-order valence-corrected chi connectivity index (χ0v) is 12.2. The molecule has 0 spiro atoms. The van der Waals surface area contributed by atoms with Gasteiger partial charge in [0.1, 0.15) is 0 Å². The van der Waals surface area contributed by atoms with Crippen molar-refractivity contribution >= 4 is 39.7 Å². The van der Waals surface area contributed by atoms with E-state index >= 15 is 0 Å². The third-order valence-corrected chi connectivity index (χ3v) is 4.13. The Hall–Kier alpha value is -1.34. The van der Waals surface area contributed by atoms with Crippen molar-refractivity contribution in [1.29, 1.82) is 0 Å². The van der Waals surface area contributed by atoms with Gasteiger partial charge in [-0.3, -0.25) is 0 Å². The highest BCUT2D eigenvalue weighted by atomic mass is 127. The lowest BCUT2D eigenvalue weighted by molar-refractivity contribution is 0.436. The fraction of sp³-hybridized carbons (Fsp3) is 0. The van der Waals surface area contributed by atoms with Crippen LogP contribution >= 0.6 is 33.9 Å². The van der Waals surface area contributed by atoms with Crippen LogP contribution in [0.5, 0.6) is 0 Å². The maximum atomic E-state index is 5.91. The number of nitrogens with two attached hydrogens (primary N) is 1. The Morgan fingerprint density at radius 1 is 1.22 bits per heavy atom. The number of nitrogens with zero attached hydrogens (tertiary/aromatic N) is 1. The van der Waals surface area contributed by atoms with Gasteiger partial charge < -0.3 is 10.3 Å². The third kappa shape index (κ3) is 2.04. The van der Waals surface area contributed by atoms with Gasteiger partial charge >= 0.3 is 0 Å². The zero-order chi connectivity index (χ0) is 12.5. The molecule has 18 heavy (non-hydrogen) atoms. The maximum absolute atomic E-state index is 5.91. The molecule has 0 aliphatic heterocycles. The first-order valence-electron chi connectivity index (χ1n) is 5.30. The second kappa shape index (κ2) is 4.74. The molecule has 2 aromatic heterocycles.